The van der Waals surface area contributed by atoms with Gasteiger partial charge in [-0.15, -0.1) is 0 Å². The Morgan fingerprint density at radius 1 is 1.31 bits per heavy atom. The first-order valence-electron chi connectivity index (χ1n) is 4.83. The quantitative estimate of drug-likeness (QED) is 0.867. The second kappa shape index (κ2) is 4.45. The molecule has 5 heteroatoms. The third kappa shape index (κ3) is 2.07. The Morgan fingerprint density at radius 3 is 2.69 bits per heavy atom. The number of hydrogen-bond acceptors (Lipinski definition) is 2. The number of aromatic amines is 1. The van der Waals surface area contributed by atoms with E-state index >= 15 is 0 Å². The van der Waals surface area contributed by atoms with E-state index in [1.807, 2.05) is 13.0 Å². The van der Waals surface area contributed by atoms with Gasteiger partial charge >= 0.3 is 0 Å². The number of nitrogens with zero attached hydrogens (tertiary/aromatic N) is 1. The van der Waals surface area contributed by atoms with E-state index < -0.39 is 0 Å². The fourth-order valence-corrected chi connectivity index (χ4v) is 1.87. The Balaban J connectivity index is 2.53. The number of nitrogens with one attached hydrogen (secondary N) is 1. The van der Waals surface area contributed by atoms with Crippen molar-refractivity contribution in [1.82, 2.24) is 9.97 Å². The van der Waals surface area contributed by atoms with E-state index in [9.17, 15) is 0 Å². The van der Waals surface area contributed by atoms with Gasteiger partial charge in [0, 0.05) is 12.1 Å². The van der Waals surface area contributed by atoms with Crippen LogP contribution in [0.25, 0.3) is 11.3 Å². The molecule has 1 heterocycles. The number of hydrogen-bond donors (Lipinski definition) is 2. The molecular formula is C11H11Cl2N3. The lowest BCUT2D eigenvalue weighted by atomic mass is 10.1. The minimum atomic E-state index is 0.413. The van der Waals surface area contributed by atoms with Crippen molar-refractivity contribution in [3.05, 3.63) is 39.8 Å². The average Bonchev–Trinajstić information content (AvgIpc) is 2.63. The molecule has 2 aromatic rings. The molecule has 1 aromatic heterocycles. The first-order chi connectivity index (χ1) is 7.61. The maximum absolute atomic E-state index is 5.96. The van der Waals surface area contributed by atoms with Crippen LogP contribution in [0, 0.1) is 6.92 Å². The molecule has 0 atom stereocenters. The number of imidazole rings is 1. The molecule has 0 fully saturated rings. The summed E-state index contributed by atoms with van der Waals surface area (Å²) in [4.78, 5) is 7.50. The highest BCUT2D eigenvalue weighted by Gasteiger charge is 2.10. The summed E-state index contributed by atoms with van der Waals surface area (Å²) in [5, 5.41) is 1.05. The predicted octanol–water partition coefficient (Wildman–Crippen LogP) is 3.15. The molecule has 1 aromatic carbocycles. The van der Waals surface area contributed by atoms with Gasteiger partial charge in [0.1, 0.15) is 5.82 Å². The van der Waals surface area contributed by atoms with E-state index in [1.54, 1.807) is 12.1 Å². The minimum Gasteiger partial charge on any atom is -0.345 e. The van der Waals surface area contributed by atoms with E-state index in [4.69, 9.17) is 28.9 Å². The van der Waals surface area contributed by atoms with Crippen LogP contribution in [0.15, 0.2) is 18.2 Å². The van der Waals surface area contributed by atoms with Gasteiger partial charge in [-0.1, -0.05) is 29.3 Å². The van der Waals surface area contributed by atoms with Gasteiger partial charge in [-0.2, -0.15) is 0 Å². The van der Waals surface area contributed by atoms with Gasteiger partial charge in [0.2, 0.25) is 0 Å². The van der Waals surface area contributed by atoms with Crippen LogP contribution < -0.4 is 5.73 Å². The van der Waals surface area contributed by atoms with Crippen LogP contribution >= 0.6 is 23.2 Å². The molecule has 3 nitrogen and oxygen atoms in total. The van der Waals surface area contributed by atoms with Crippen LogP contribution in [-0.4, -0.2) is 9.97 Å². The van der Waals surface area contributed by atoms with Crippen molar-refractivity contribution in [1.29, 1.82) is 0 Å². The van der Waals surface area contributed by atoms with E-state index in [0.29, 0.717) is 16.6 Å². The fourth-order valence-electron chi connectivity index (χ4n) is 1.57. The van der Waals surface area contributed by atoms with Crippen LogP contribution in [0.1, 0.15) is 11.5 Å². The monoisotopic (exact) mass is 255 g/mol. The number of aromatic nitrogens is 2. The second-order valence-electron chi connectivity index (χ2n) is 3.48. The summed E-state index contributed by atoms with van der Waals surface area (Å²) in [7, 11) is 0. The molecule has 3 N–H and O–H groups in total. The molecule has 0 aliphatic carbocycles. The standard InChI is InChI=1S/C11H11Cl2N3/c1-6-15-10(5-14)11(16-6)7-2-3-8(12)9(13)4-7/h2-4H,5,14H2,1H3,(H,15,16). The smallest absolute Gasteiger partial charge is 0.103 e. The molecule has 0 bridgehead atoms. The zero-order valence-corrected chi connectivity index (χ0v) is 10.2. The van der Waals surface area contributed by atoms with E-state index in [-0.39, 0.29) is 0 Å². The Kier molecular flexibility index (Phi) is 3.19. The number of benzene rings is 1. The highest BCUT2D eigenvalue weighted by Crippen LogP contribution is 2.29. The number of rotatable bonds is 2. The molecule has 0 aliphatic heterocycles. The first kappa shape index (κ1) is 11.5. The normalized spacial score (nSPS) is 10.8. The SMILES string of the molecule is Cc1nc(-c2ccc(Cl)c(Cl)c2)c(CN)[nH]1. The second-order valence-corrected chi connectivity index (χ2v) is 4.30. The molecule has 0 saturated carbocycles. The lowest BCUT2D eigenvalue weighted by Gasteiger charge is -2.02. The molecule has 0 unspecified atom stereocenters. The molecule has 84 valence electrons. The summed E-state index contributed by atoms with van der Waals surface area (Å²) >= 11 is 11.8. The molecule has 0 amide bonds. The van der Waals surface area contributed by atoms with Gasteiger partial charge < -0.3 is 10.7 Å². The topological polar surface area (TPSA) is 54.7 Å². The minimum absolute atomic E-state index is 0.413. The van der Waals surface area contributed by atoms with Gasteiger partial charge in [-0.3, -0.25) is 0 Å². The highest BCUT2D eigenvalue weighted by atomic mass is 35.5. The van der Waals surface area contributed by atoms with Crippen molar-refractivity contribution in [3.63, 3.8) is 0 Å². The van der Waals surface area contributed by atoms with Gasteiger partial charge in [0.15, 0.2) is 0 Å². The number of aryl methyl sites for hydroxylation is 1. The lowest BCUT2D eigenvalue weighted by Crippen LogP contribution is -1.98. The predicted molar refractivity (Wildman–Crippen MR) is 66.7 cm³/mol. The maximum atomic E-state index is 5.96. The number of halogens is 2. The third-order valence-corrected chi connectivity index (χ3v) is 3.03. The number of nitrogens with two attached hydrogens (primary N) is 1. The molecule has 0 saturated heterocycles. The van der Waals surface area contributed by atoms with Crippen LogP contribution in [0.3, 0.4) is 0 Å². The summed E-state index contributed by atoms with van der Waals surface area (Å²) in [6.07, 6.45) is 0. The van der Waals surface area contributed by atoms with Crippen molar-refractivity contribution < 1.29 is 0 Å². The summed E-state index contributed by atoms with van der Waals surface area (Å²) in [6.45, 7) is 2.30. The largest absolute Gasteiger partial charge is 0.345 e. The van der Waals surface area contributed by atoms with Crippen molar-refractivity contribution in [2.24, 2.45) is 5.73 Å². The van der Waals surface area contributed by atoms with Crippen molar-refractivity contribution in [2.45, 2.75) is 13.5 Å². The first-order valence-corrected chi connectivity index (χ1v) is 5.58. The average molecular weight is 256 g/mol. The summed E-state index contributed by atoms with van der Waals surface area (Å²) < 4.78 is 0. The maximum Gasteiger partial charge on any atom is 0.103 e. The van der Waals surface area contributed by atoms with Crippen molar-refractivity contribution in [2.75, 3.05) is 0 Å². The fraction of sp³-hybridized carbons (Fsp3) is 0.182. The lowest BCUT2D eigenvalue weighted by molar-refractivity contribution is 0.998. The Hall–Kier alpha value is -1.03. The van der Waals surface area contributed by atoms with Crippen molar-refractivity contribution in [3.8, 4) is 11.3 Å². The van der Waals surface area contributed by atoms with Gasteiger partial charge in [0.25, 0.3) is 0 Å². The van der Waals surface area contributed by atoms with Crippen LogP contribution in [0.4, 0.5) is 0 Å². The molecule has 16 heavy (non-hydrogen) atoms. The van der Waals surface area contributed by atoms with Crippen LogP contribution in [0.5, 0.6) is 0 Å². The Bertz CT molecular complexity index is 520. The summed E-state index contributed by atoms with van der Waals surface area (Å²) in [6, 6.07) is 5.42. The Morgan fingerprint density at radius 2 is 2.06 bits per heavy atom. The summed E-state index contributed by atoms with van der Waals surface area (Å²) in [5.41, 5.74) is 8.29. The van der Waals surface area contributed by atoms with Gasteiger partial charge in [-0.05, 0) is 19.1 Å². The molecule has 2 rings (SSSR count). The van der Waals surface area contributed by atoms with E-state index in [1.165, 1.54) is 0 Å². The van der Waals surface area contributed by atoms with Gasteiger partial charge in [0.05, 0.1) is 21.4 Å². The molecular weight excluding hydrogens is 245 g/mol. The van der Waals surface area contributed by atoms with Crippen molar-refractivity contribution >= 4 is 23.2 Å². The summed E-state index contributed by atoms with van der Waals surface area (Å²) in [5.74, 6) is 0.835. The van der Waals surface area contributed by atoms with E-state index in [0.717, 1.165) is 22.8 Å². The Labute approximate surface area is 104 Å². The molecule has 0 radical (unpaired) electrons. The van der Waals surface area contributed by atoms with Crippen LogP contribution in [0.2, 0.25) is 10.0 Å². The zero-order chi connectivity index (χ0) is 11.7. The molecule has 0 spiro atoms. The van der Waals surface area contributed by atoms with E-state index in [2.05, 4.69) is 9.97 Å². The third-order valence-electron chi connectivity index (χ3n) is 2.29. The van der Waals surface area contributed by atoms with Crippen LogP contribution in [-0.2, 0) is 6.54 Å². The highest BCUT2D eigenvalue weighted by molar-refractivity contribution is 6.42. The number of H-pyrrole nitrogens is 1. The molecule has 0 aliphatic rings. The zero-order valence-electron chi connectivity index (χ0n) is 8.72. The van der Waals surface area contributed by atoms with Gasteiger partial charge in [-0.25, -0.2) is 4.98 Å².